The molecule has 0 spiro atoms. The molecule has 0 aliphatic heterocycles. The molecule has 0 unspecified atom stereocenters. The molecular formula is C10H14N4O. The number of anilines is 1. The van der Waals surface area contributed by atoms with Gasteiger partial charge in [0.25, 0.3) is 5.91 Å². The molecule has 1 amide bonds. The first-order valence-electron chi connectivity index (χ1n) is 4.93. The molecule has 1 aliphatic carbocycles. The first-order chi connectivity index (χ1) is 7.15. The standard InChI is InChI=1S/C10H14N4O/c11-6-3-8(4-6)14-7-1-2-13-9(5-7)10(12)15/h1-2,5-6,8H,3-4,11H2,(H2,12,15)(H,13,14). The van der Waals surface area contributed by atoms with Gasteiger partial charge in [0.15, 0.2) is 0 Å². The van der Waals surface area contributed by atoms with Crippen molar-refractivity contribution in [3.8, 4) is 0 Å². The van der Waals surface area contributed by atoms with E-state index in [0.717, 1.165) is 18.5 Å². The van der Waals surface area contributed by atoms with Crippen LogP contribution in [0.4, 0.5) is 5.69 Å². The minimum absolute atomic E-state index is 0.281. The largest absolute Gasteiger partial charge is 0.382 e. The van der Waals surface area contributed by atoms with E-state index >= 15 is 0 Å². The lowest BCUT2D eigenvalue weighted by atomic mass is 9.87. The van der Waals surface area contributed by atoms with E-state index in [-0.39, 0.29) is 5.69 Å². The summed E-state index contributed by atoms with van der Waals surface area (Å²) in [7, 11) is 0. The van der Waals surface area contributed by atoms with Crippen molar-refractivity contribution in [3.63, 3.8) is 0 Å². The smallest absolute Gasteiger partial charge is 0.267 e. The predicted octanol–water partition coefficient (Wildman–Crippen LogP) is 0.0821. The van der Waals surface area contributed by atoms with E-state index in [9.17, 15) is 4.79 Å². The molecule has 1 heterocycles. The van der Waals surface area contributed by atoms with Gasteiger partial charge >= 0.3 is 0 Å². The van der Waals surface area contributed by atoms with Crippen molar-refractivity contribution in [1.29, 1.82) is 0 Å². The Morgan fingerprint density at radius 1 is 1.53 bits per heavy atom. The van der Waals surface area contributed by atoms with Gasteiger partial charge in [0.2, 0.25) is 0 Å². The second-order valence-electron chi connectivity index (χ2n) is 3.87. The molecule has 5 N–H and O–H groups in total. The summed E-state index contributed by atoms with van der Waals surface area (Å²) in [5, 5.41) is 3.28. The molecule has 5 nitrogen and oxygen atoms in total. The average molecular weight is 206 g/mol. The predicted molar refractivity (Wildman–Crippen MR) is 57.4 cm³/mol. The van der Waals surface area contributed by atoms with Crippen LogP contribution in [0.3, 0.4) is 0 Å². The Labute approximate surface area is 87.9 Å². The van der Waals surface area contributed by atoms with Crippen LogP contribution in [0.25, 0.3) is 0 Å². The first kappa shape index (κ1) is 9.92. The van der Waals surface area contributed by atoms with Crippen molar-refractivity contribution < 1.29 is 4.79 Å². The van der Waals surface area contributed by atoms with Gasteiger partial charge in [0.05, 0.1) is 0 Å². The van der Waals surface area contributed by atoms with Crippen LogP contribution in [0.2, 0.25) is 0 Å². The van der Waals surface area contributed by atoms with Crippen molar-refractivity contribution in [3.05, 3.63) is 24.0 Å². The Bertz CT molecular complexity index is 373. The number of rotatable bonds is 3. The van der Waals surface area contributed by atoms with Gasteiger partial charge in [0.1, 0.15) is 5.69 Å². The molecule has 0 atom stereocenters. The summed E-state index contributed by atoms with van der Waals surface area (Å²) < 4.78 is 0. The zero-order valence-corrected chi connectivity index (χ0v) is 8.31. The highest BCUT2D eigenvalue weighted by Crippen LogP contribution is 2.22. The molecule has 1 fully saturated rings. The number of aromatic nitrogens is 1. The minimum Gasteiger partial charge on any atom is -0.382 e. The van der Waals surface area contributed by atoms with Gasteiger partial charge in [-0.3, -0.25) is 9.78 Å². The second kappa shape index (κ2) is 3.86. The minimum atomic E-state index is -0.510. The van der Waals surface area contributed by atoms with Crippen molar-refractivity contribution >= 4 is 11.6 Å². The van der Waals surface area contributed by atoms with Crippen LogP contribution >= 0.6 is 0 Å². The quantitative estimate of drug-likeness (QED) is 0.653. The SMILES string of the molecule is NC(=O)c1cc(NC2CC(N)C2)ccn1. The maximum absolute atomic E-state index is 10.9. The van der Waals surface area contributed by atoms with Crippen LogP contribution in [0.15, 0.2) is 18.3 Å². The Hall–Kier alpha value is -1.62. The van der Waals surface area contributed by atoms with Crippen LogP contribution < -0.4 is 16.8 Å². The summed E-state index contributed by atoms with van der Waals surface area (Å²) in [6, 6.07) is 4.19. The maximum atomic E-state index is 10.9. The molecule has 80 valence electrons. The number of carbonyl (C=O) groups excluding carboxylic acids is 1. The lowest BCUT2D eigenvalue weighted by molar-refractivity contribution is 0.0995. The van der Waals surface area contributed by atoms with Crippen LogP contribution in [-0.2, 0) is 0 Å². The fourth-order valence-electron chi connectivity index (χ4n) is 1.67. The van der Waals surface area contributed by atoms with E-state index in [1.807, 2.05) is 6.07 Å². The van der Waals surface area contributed by atoms with Crippen molar-refractivity contribution in [2.24, 2.45) is 11.5 Å². The van der Waals surface area contributed by atoms with Crippen molar-refractivity contribution in [2.75, 3.05) is 5.32 Å². The summed E-state index contributed by atoms with van der Waals surface area (Å²) in [6.07, 6.45) is 3.50. The second-order valence-corrected chi connectivity index (χ2v) is 3.87. The Morgan fingerprint density at radius 2 is 2.27 bits per heavy atom. The molecule has 5 heteroatoms. The van der Waals surface area contributed by atoms with E-state index in [2.05, 4.69) is 10.3 Å². The highest BCUT2D eigenvalue weighted by molar-refractivity contribution is 5.91. The fourth-order valence-corrected chi connectivity index (χ4v) is 1.67. The van der Waals surface area contributed by atoms with E-state index in [1.165, 1.54) is 0 Å². The molecule has 0 bridgehead atoms. The molecule has 1 aliphatic rings. The highest BCUT2D eigenvalue weighted by atomic mass is 16.1. The lowest BCUT2D eigenvalue weighted by Gasteiger charge is -2.33. The summed E-state index contributed by atoms with van der Waals surface area (Å²) in [5.74, 6) is -0.510. The third kappa shape index (κ3) is 2.24. The number of nitrogens with two attached hydrogens (primary N) is 2. The van der Waals surface area contributed by atoms with Gasteiger partial charge in [-0.1, -0.05) is 0 Å². The number of hydrogen-bond acceptors (Lipinski definition) is 4. The van der Waals surface area contributed by atoms with Crippen LogP contribution in [-0.4, -0.2) is 23.0 Å². The zero-order valence-electron chi connectivity index (χ0n) is 8.31. The number of nitrogens with one attached hydrogen (secondary N) is 1. The molecule has 0 aromatic carbocycles. The highest BCUT2D eigenvalue weighted by Gasteiger charge is 2.25. The van der Waals surface area contributed by atoms with Crippen molar-refractivity contribution in [1.82, 2.24) is 4.98 Å². The zero-order chi connectivity index (χ0) is 10.8. The number of primary amides is 1. The number of hydrogen-bond donors (Lipinski definition) is 3. The fraction of sp³-hybridized carbons (Fsp3) is 0.400. The van der Waals surface area contributed by atoms with E-state index in [0.29, 0.717) is 12.1 Å². The Morgan fingerprint density at radius 3 is 2.87 bits per heavy atom. The first-order valence-corrected chi connectivity index (χ1v) is 4.93. The van der Waals surface area contributed by atoms with E-state index in [1.54, 1.807) is 12.3 Å². The normalized spacial score (nSPS) is 24.3. The van der Waals surface area contributed by atoms with Crippen LogP contribution in [0.5, 0.6) is 0 Å². The molecule has 1 saturated carbocycles. The van der Waals surface area contributed by atoms with Gasteiger partial charge in [-0.15, -0.1) is 0 Å². The lowest BCUT2D eigenvalue weighted by Crippen LogP contribution is -2.44. The van der Waals surface area contributed by atoms with Crippen LogP contribution in [0.1, 0.15) is 23.3 Å². The topological polar surface area (TPSA) is 94.0 Å². The number of amides is 1. The summed E-state index contributed by atoms with van der Waals surface area (Å²) >= 11 is 0. The molecule has 1 aromatic rings. The third-order valence-electron chi connectivity index (χ3n) is 2.56. The Kier molecular flexibility index (Phi) is 2.55. The summed E-state index contributed by atoms with van der Waals surface area (Å²) in [4.78, 5) is 14.8. The van der Waals surface area contributed by atoms with E-state index in [4.69, 9.17) is 11.5 Å². The monoisotopic (exact) mass is 206 g/mol. The average Bonchev–Trinajstić information content (AvgIpc) is 2.16. The molecule has 1 aromatic heterocycles. The summed E-state index contributed by atoms with van der Waals surface area (Å²) in [6.45, 7) is 0. The third-order valence-corrected chi connectivity index (χ3v) is 2.56. The van der Waals surface area contributed by atoms with Gasteiger partial charge < -0.3 is 16.8 Å². The summed E-state index contributed by atoms with van der Waals surface area (Å²) in [5.41, 5.74) is 12.0. The van der Waals surface area contributed by atoms with Gasteiger partial charge in [-0.05, 0) is 25.0 Å². The van der Waals surface area contributed by atoms with Crippen LogP contribution in [0, 0.1) is 0 Å². The number of nitrogens with zero attached hydrogens (tertiary/aromatic N) is 1. The molecule has 15 heavy (non-hydrogen) atoms. The van der Waals surface area contributed by atoms with Gasteiger partial charge in [0, 0.05) is 24.0 Å². The van der Waals surface area contributed by atoms with Gasteiger partial charge in [-0.25, -0.2) is 0 Å². The Balaban J connectivity index is 2.02. The van der Waals surface area contributed by atoms with Crippen molar-refractivity contribution in [2.45, 2.75) is 24.9 Å². The number of pyridine rings is 1. The molecule has 0 saturated heterocycles. The molecule has 2 rings (SSSR count). The van der Waals surface area contributed by atoms with E-state index < -0.39 is 5.91 Å². The van der Waals surface area contributed by atoms with Gasteiger partial charge in [-0.2, -0.15) is 0 Å². The molecule has 0 radical (unpaired) electrons. The molecular weight excluding hydrogens is 192 g/mol. The maximum Gasteiger partial charge on any atom is 0.267 e. The number of carbonyl (C=O) groups is 1.